The van der Waals surface area contributed by atoms with Crippen molar-refractivity contribution in [2.45, 2.75) is 20.4 Å². The summed E-state index contributed by atoms with van der Waals surface area (Å²) in [5.41, 5.74) is 7.61. The second-order valence-electron chi connectivity index (χ2n) is 3.96. The van der Waals surface area contributed by atoms with Crippen LogP contribution in [0.4, 0.5) is 11.6 Å². The summed E-state index contributed by atoms with van der Waals surface area (Å²) < 4.78 is 1.77. The van der Waals surface area contributed by atoms with Crippen molar-refractivity contribution in [3.05, 3.63) is 29.3 Å². The van der Waals surface area contributed by atoms with Crippen LogP contribution in [0.2, 0.25) is 0 Å². The quantitative estimate of drug-likeness (QED) is 0.825. The summed E-state index contributed by atoms with van der Waals surface area (Å²) in [4.78, 5) is 8.42. The SMILES string of the molecule is Cc1nc(N)c(C)c(NCc2ccn(C)n2)n1. The third-order valence-electron chi connectivity index (χ3n) is 2.50. The summed E-state index contributed by atoms with van der Waals surface area (Å²) >= 11 is 0. The Morgan fingerprint density at radius 3 is 2.76 bits per heavy atom. The second kappa shape index (κ2) is 4.40. The summed E-state index contributed by atoms with van der Waals surface area (Å²) in [7, 11) is 1.89. The van der Waals surface area contributed by atoms with E-state index in [2.05, 4.69) is 20.4 Å². The molecule has 0 aromatic carbocycles. The Hall–Kier alpha value is -2.11. The van der Waals surface area contributed by atoms with Gasteiger partial charge in [-0.25, -0.2) is 9.97 Å². The van der Waals surface area contributed by atoms with Crippen LogP contribution in [0.5, 0.6) is 0 Å². The van der Waals surface area contributed by atoms with Gasteiger partial charge in [0.2, 0.25) is 0 Å². The van der Waals surface area contributed by atoms with Crippen LogP contribution in [0.15, 0.2) is 12.3 Å². The molecule has 0 amide bonds. The van der Waals surface area contributed by atoms with E-state index in [0.29, 0.717) is 18.2 Å². The molecule has 0 spiro atoms. The molecule has 2 heterocycles. The number of hydrogen-bond donors (Lipinski definition) is 2. The number of nitrogens with two attached hydrogens (primary N) is 1. The molecule has 0 aliphatic rings. The number of aromatic nitrogens is 4. The molecule has 0 aliphatic heterocycles. The minimum atomic E-state index is 0.515. The van der Waals surface area contributed by atoms with Gasteiger partial charge in [-0.05, 0) is 19.9 Å². The van der Waals surface area contributed by atoms with Crippen molar-refractivity contribution in [1.29, 1.82) is 0 Å². The molecule has 0 aliphatic carbocycles. The Balaban J connectivity index is 2.14. The molecule has 2 rings (SSSR count). The van der Waals surface area contributed by atoms with Crippen molar-refractivity contribution < 1.29 is 0 Å². The number of aryl methyl sites for hydroxylation is 2. The van der Waals surface area contributed by atoms with Gasteiger partial charge >= 0.3 is 0 Å². The molecule has 6 nitrogen and oxygen atoms in total. The number of nitrogen functional groups attached to an aromatic ring is 1. The monoisotopic (exact) mass is 232 g/mol. The van der Waals surface area contributed by atoms with Crippen molar-refractivity contribution in [2.75, 3.05) is 11.1 Å². The average Bonchev–Trinajstić information content (AvgIpc) is 2.67. The van der Waals surface area contributed by atoms with Gasteiger partial charge in [-0.15, -0.1) is 0 Å². The van der Waals surface area contributed by atoms with Crippen LogP contribution in [0.3, 0.4) is 0 Å². The highest BCUT2D eigenvalue weighted by atomic mass is 15.3. The van der Waals surface area contributed by atoms with E-state index in [9.17, 15) is 0 Å². The van der Waals surface area contributed by atoms with E-state index in [1.165, 1.54) is 0 Å². The van der Waals surface area contributed by atoms with Crippen molar-refractivity contribution in [1.82, 2.24) is 19.7 Å². The van der Waals surface area contributed by atoms with E-state index in [4.69, 9.17) is 5.73 Å². The van der Waals surface area contributed by atoms with E-state index < -0.39 is 0 Å². The van der Waals surface area contributed by atoms with Crippen molar-refractivity contribution in [3.63, 3.8) is 0 Å². The summed E-state index contributed by atoms with van der Waals surface area (Å²) in [6, 6.07) is 1.96. The number of nitrogens with zero attached hydrogens (tertiary/aromatic N) is 4. The van der Waals surface area contributed by atoms with E-state index in [1.807, 2.05) is 33.2 Å². The number of rotatable bonds is 3. The molecule has 0 radical (unpaired) electrons. The third kappa shape index (κ3) is 2.52. The summed E-state index contributed by atoms with van der Waals surface area (Å²) in [5, 5.41) is 7.50. The minimum Gasteiger partial charge on any atom is -0.383 e. The molecule has 0 fully saturated rings. The van der Waals surface area contributed by atoms with Gasteiger partial charge in [0, 0.05) is 18.8 Å². The second-order valence-corrected chi connectivity index (χ2v) is 3.96. The van der Waals surface area contributed by atoms with Crippen LogP contribution in [0.25, 0.3) is 0 Å². The first kappa shape index (κ1) is 11.4. The Morgan fingerprint density at radius 1 is 1.35 bits per heavy atom. The first-order valence-electron chi connectivity index (χ1n) is 5.39. The highest BCUT2D eigenvalue weighted by Crippen LogP contribution is 2.17. The Bertz CT molecular complexity index is 531. The van der Waals surface area contributed by atoms with E-state index >= 15 is 0 Å². The van der Waals surface area contributed by atoms with Gasteiger partial charge < -0.3 is 11.1 Å². The molecule has 90 valence electrons. The van der Waals surface area contributed by atoms with Crippen molar-refractivity contribution >= 4 is 11.6 Å². The summed E-state index contributed by atoms with van der Waals surface area (Å²) in [6.07, 6.45) is 1.91. The fourth-order valence-electron chi connectivity index (χ4n) is 1.55. The maximum Gasteiger partial charge on any atom is 0.135 e. The highest BCUT2D eigenvalue weighted by molar-refractivity contribution is 5.54. The van der Waals surface area contributed by atoms with Crippen LogP contribution in [0, 0.1) is 13.8 Å². The largest absolute Gasteiger partial charge is 0.383 e. The average molecular weight is 232 g/mol. The van der Waals surface area contributed by atoms with E-state index in [1.54, 1.807) is 4.68 Å². The first-order valence-corrected chi connectivity index (χ1v) is 5.39. The van der Waals surface area contributed by atoms with Gasteiger partial charge in [0.25, 0.3) is 0 Å². The van der Waals surface area contributed by atoms with Crippen LogP contribution < -0.4 is 11.1 Å². The normalized spacial score (nSPS) is 10.5. The smallest absolute Gasteiger partial charge is 0.135 e. The Morgan fingerprint density at radius 2 is 2.12 bits per heavy atom. The lowest BCUT2D eigenvalue weighted by Crippen LogP contribution is -2.08. The predicted octanol–water partition coefficient (Wildman–Crippen LogP) is 1.02. The molecule has 2 aromatic rings. The lowest BCUT2D eigenvalue weighted by Gasteiger charge is -2.09. The Kier molecular flexibility index (Phi) is 2.95. The number of hydrogen-bond acceptors (Lipinski definition) is 5. The van der Waals surface area contributed by atoms with Gasteiger partial charge in [0.1, 0.15) is 17.5 Å². The third-order valence-corrected chi connectivity index (χ3v) is 2.50. The van der Waals surface area contributed by atoms with Crippen molar-refractivity contribution in [3.8, 4) is 0 Å². The zero-order valence-electron chi connectivity index (χ0n) is 10.2. The zero-order chi connectivity index (χ0) is 12.4. The van der Waals surface area contributed by atoms with E-state index in [0.717, 1.165) is 17.1 Å². The molecule has 6 heteroatoms. The van der Waals surface area contributed by atoms with Gasteiger partial charge in [-0.2, -0.15) is 5.10 Å². The van der Waals surface area contributed by atoms with Gasteiger partial charge in [-0.3, -0.25) is 4.68 Å². The lowest BCUT2D eigenvalue weighted by molar-refractivity contribution is 0.746. The predicted molar refractivity (Wildman–Crippen MR) is 66.5 cm³/mol. The molecule has 0 atom stereocenters. The van der Waals surface area contributed by atoms with Crippen LogP contribution in [-0.4, -0.2) is 19.7 Å². The molecule has 0 unspecified atom stereocenters. The lowest BCUT2D eigenvalue weighted by atomic mass is 10.3. The molecule has 0 saturated heterocycles. The zero-order valence-corrected chi connectivity index (χ0v) is 10.2. The summed E-state index contributed by atoms with van der Waals surface area (Å²) in [5.74, 6) is 1.94. The molecular formula is C11H16N6. The van der Waals surface area contributed by atoms with E-state index in [-0.39, 0.29) is 0 Å². The summed E-state index contributed by atoms with van der Waals surface area (Å²) in [6.45, 7) is 4.34. The highest BCUT2D eigenvalue weighted by Gasteiger charge is 2.06. The molecule has 2 aromatic heterocycles. The van der Waals surface area contributed by atoms with Gasteiger partial charge in [0.15, 0.2) is 0 Å². The Labute approximate surface area is 99.9 Å². The van der Waals surface area contributed by atoms with Crippen LogP contribution in [-0.2, 0) is 13.6 Å². The van der Waals surface area contributed by atoms with Crippen LogP contribution >= 0.6 is 0 Å². The van der Waals surface area contributed by atoms with Gasteiger partial charge in [0.05, 0.1) is 12.2 Å². The maximum absolute atomic E-state index is 5.78. The molecule has 3 N–H and O–H groups in total. The first-order chi connectivity index (χ1) is 8.06. The minimum absolute atomic E-state index is 0.515. The fourth-order valence-corrected chi connectivity index (χ4v) is 1.55. The fraction of sp³-hybridized carbons (Fsp3) is 0.364. The molecule has 0 bridgehead atoms. The maximum atomic E-state index is 5.78. The molecule has 17 heavy (non-hydrogen) atoms. The van der Waals surface area contributed by atoms with Gasteiger partial charge in [-0.1, -0.05) is 0 Å². The van der Waals surface area contributed by atoms with Crippen molar-refractivity contribution in [2.24, 2.45) is 7.05 Å². The topological polar surface area (TPSA) is 81.6 Å². The number of nitrogens with one attached hydrogen (secondary N) is 1. The van der Waals surface area contributed by atoms with Crippen LogP contribution in [0.1, 0.15) is 17.1 Å². The number of anilines is 2. The molecule has 0 saturated carbocycles. The standard InChI is InChI=1S/C11H16N6/c1-7-10(12)14-8(2)15-11(7)13-6-9-4-5-17(3)16-9/h4-5H,6H2,1-3H3,(H3,12,13,14,15). The molecular weight excluding hydrogens is 216 g/mol.